The van der Waals surface area contributed by atoms with E-state index in [1.54, 1.807) is 7.11 Å². The first-order chi connectivity index (χ1) is 12.1. The fourth-order valence-corrected chi connectivity index (χ4v) is 4.50. The topological polar surface area (TPSA) is 70.7 Å². The average Bonchev–Trinajstić information content (AvgIpc) is 3.13. The highest BCUT2D eigenvalue weighted by Gasteiger charge is 2.46. The fourth-order valence-electron chi connectivity index (χ4n) is 4.50. The maximum absolute atomic E-state index is 13.1. The lowest BCUT2D eigenvalue weighted by Crippen LogP contribution is -2.53. The lowest BCUT2D eigenvalue weighted by molar-refractivity contribution is -0.151. The molecule has 2 amide bonds. The Balaban J connectivity index is 0.00000243. The van der Waals surface area contributed by atoms with E-state index < -0.39 is 0 Å². The maximum atomic E-state index is 13.1. The number of nitrogens with zero attached hydrogens (tertiary/aromatic N) is 1. The van der Waals surface area contributed by atoms with Crippen LogP contribution in [0.5, 0.6) is 0 Å². The summed E-state index contributed by atoms with van der Waals surface area (Å²) in [5.74, 6) is 0.823. The van der Waals surface area contributed by atoms with Gasteiger partial charge in [0.1, 0.15) is 0 Å². The second-order valence-electron chi connectivity index (χ2n) is 8.03. The van der Waals surface area contributed by atoms with E-state index in [0.717, 1.165) is 71.0 Å². The Morgan fingerprint density at radius 1 is 1.23 bits per heavy atom. The zero-order chi connectivity index (χ0) is 17.7. The van der Waals surface area contributed by atoms with E-state index in [1.807, 2.05) is 0 Å². The van der Waals surface area contributed by atoms with Crippen LogP contribution >= 0.6 is 12.4 Å². The van der Waals surface area contributed by atoms with Crippen LogP contribution in [0, 0.1) is 11.3 Å². The van der Waals surface area contributed by atoms with E-state index in [-0.39, 0.29) is 29.8 Å². The molecule has 0 aromatic carbocycles. The Bertz CT molecular complexity index is 479. The van der Waals surface area contributed by atoms with E-state index in [1.165, 1.54) is 0 Å². The third kappa shape index (κ3) is 4.90. The standard InChI is InChI=1S/C19H33N3O3.ClH/c1-25-12-9-19(7-4-8-19)18(24)22-11-3-5-15(14-22)13-21-17(23)16-6-2-10-20-16;/h15-16,20H,2-14H2,1H3,(H,21,23);1H. The molecule has 0 aromatic heterocycles. The lowest BCUT2D eigenvalue weighted by Gasteiger charge is -2.45. The Morgan fingerprint density at radius 3 is 2.65 bits per heavy atom. The number of likely N-dealkylation sites (tertiary alicyclic amines) is 1. The second-order valence-corrected chi connectivity index (χ2v) is 8.03. The van der Waals surface area contributed by atoms with E-state index in [9.17, 15) is 9.59 Å². The summed E-state index contributed by atoms with van der Waals surface area (Å²) in [5, 5.41) is 6.33. The summed E-state index contributed by atoms with van der Waals surface area (Å²) in [7, 11) is 1.70. The van der Waals surface area contributed by atoms with Crippen LogP contribution in [0.2, 0.25) is 0 Å². The smallest absolute Gasteiger partial charge is 0.237 e. The number of piperidine rings is 1. The number of nitrogens with one attached hydrogen (secondary N) is 2. The molecular formula is C19H34ClN3O3. The number of halogens is 1. The van der Waals surface area contributed by atoms with Gasteiger partial charge in [0, 0.05) is 33.4 Å². The molecule has 2 aliphatic heterocycles. The first kappa shape index (κ1) is 21.5. The zero-order valence-corrected chi connectivity index (χ0v) is 16.7. The molecule has 3 rings (SSSR count). The van der Waals surface area contributed by atoms with Crippen molar-refractivity contribution in [3.63, 3.8) is 0 Å². The zero-order valence-electron chi connectivity index (χ0n) is 15.9. The fraction of sp³-hybridized carbons (Fsp3) is 0.895. The minimum atomic E-state index is -0.172. The summed E-state index contributed by atoms with van der Waals surface area (Å²) in [4.78, 5) is 27.3. The molecule has 2 heterocycles. The average molecular weight is 388 g/mol. The van der Waals surface area contributed by atoms with Gasteiger partial charge in [0.05, 0.1) is 11.5 Å². The van der Waals surface area contributed by atoms with Crippen LogP contribution < -0.4 is 10.6 Å². The molecule has 2 saturated heterocycles. The molecule has 0 radical (unpaired) electrons. The van der Waals surface area contributed by atoms with Crippen LogP contribution in [-0.2, 0) is 14.3 Å². The van der Waals surface area contributed by atoms with Gasteiger partial charge < -0.3 is 20.3 Å². The van der Waals surface area contributed by atoms with Gasteiger partial charge in [-0.25, -0.2) is 0 Å². The molecule has 150 valence electrons. The quantitative estimate of drug-likeness (QED) is 0.697. The number of methoxy groups -OCH3 is 1. The first-order valence-corrected chi connectivity index (χ1v) is 9.94. The molecular weight excluding hydrogens is 354 g/mol. The van der Waals surface area contributed by atoms with Crippen LogP contribution in [0.3, 0.4) is 0 Å². The van der Waals surface area contributed by atoms with E-state index in [4.69, 9.17) is 4.74 Å². The molecule has 7 heteroatoms. The molecule has 26 heavy (non-hydrogen) atoms. The van der Waals surface area contributed by atoms with Crippen molar-refractivity contribution in [1.29, 1.82) is 0 Å². The Labute approximate surface area is 163 Å². The molecule has 6 nitrogen and oxygen atoms in total. The van der Waals surface area contributed by atoms with Gasteiger partial charge in [-0.2, -0.15) is 0 Å². The molecule has 2 unspecified atom stereocenters. The minimum Gasteiger partial charge on any atom is -0.385 e. The van der Waals surface area contributed by atoms with Crippen LogP contribution in [0.1, 0.15) is 51.4 Å². The van der Waals surface area contributed by atoms with Crippen molar-refractivity contribution in [2.24, 2.45) is 11.3 Å². The van der Waals surface area contributed by atoms with Crippen LogP contribution in [-0.4, -0.2) is 62.7 Å². The number of ether oxygens (including phenoxy) is 1. The summed E-state index contributed by atoms with van der Waals surface area (Å²) >= 11 is 0. The van der Waals surface area contributed by atoms with Gasteiger partial charge in [-0.1, -0.05) is 6.42 Å². The Hall–Kier alpha value is -0.850. The lowest BCUT2D eigenvalue weighted by atomic mass is 9.65. The molecule has 0 aromatic rings. The van der Waals surface area contributed by atoms with Gasteiger partial charge in [-0.05, 0) is 57.4 Å². The third-order valence-corrected chi connectivity index (χ3v) is 6.30. The maximum Gasteiger partial charge on any atom is 0.237 e. The SMILES string of the molecule is COCCC1(C(=O)N2CCCC(CNC(=O)C3CCCN3)C2)CCC1.Cl. The molecule has 1 aliphatic carbocycles. The number of hydrogen-bond acceptors (Lipinski definition) is 4. The number of rotatable bonds is 7. The van der Waals surface area contributed by atoms with E-state index >= 15 is 0 Å². The van der Waals surface area contributed by atoms with Gasteiger partial charge >= 0.3 is 0 Å². The molecule has 1 saturated carbocycles. The van der Waals surface area contributed by atoms with E-state index in [2.05, 4.69) is 15.5 Å². The van der Waals surface area contributed by atoms with Crippen molar-refractivity contribution in [1.82, 2.24) is 15.5 Å². The van der Waals surface area contributed by atoms with Gasteiger partial charge in [-0.15, -0.1) is 12.4 Å². The molecule has 0 bridgehead atoms. The Morgan fingerprint density at radius 2 is 2.04 bits per heavy atom. The van der Waals surface area contributed by atoms with Gasteiger partial charge in [-0.3, -0.25) is 9.59 Å². The summed E-state index contributed by atoms with van der Waals surface area (Å²) < 4.78 is 5.22. The number of carbonyl (C=O) groups excluding carboxylic acids is 2. The van der Waals surface area contributed by atoms with Gasteiger partial charge in [0.15, 0.2) is 0 Å². The van der Waals surface area contributed by atoms with Crippen molar-refractivity contribution in [3.8, 4) is 0 Å². The summed E-state index contributed by atoms with van der Waals surface area (Å²) in [5.41, 5.74) is -0.172. The van der Waals surface area contributed by atoms with Crippen molar-refractivity contribution in [2.45, 2.75) is 57.4 Å². The largest absolute Gasteiger partial charge is 0.385 e. The highest BCUT2D eigenvalue weighted by Crippen LogP contribution is 2.46. The summed E-state index contributed by atoms with van der Waals surface area (Å²) in [6.45, 7) is 3.93. The monoisotopic (exact) mass is 387 g/mol. The second kappa shape index (κ2) is 9.90. The third-order valence-electron chi connectivity index (χ3n) is 6.30. The molecule has 3 aliphatic rings. The van der Waals surface area contributed by atoms with Crippen molar-refractivity contribution in [2.75, 3.05) is 39.9 Å². The Kier molecular flexibility index (Phi) is 8.17. The van der Waals surface area contributed by atoms with Crippen molar-refractivity contribution >= 4 is 24.2 Å². The van der Waals surface area contributed by atoms with Crippen molar-refractivity contribution in [3.05, 3.63) is 0 Å². The predicted molar refractivity (Wildman–Crippen MR) is 103 cm³/mol. The van der Waals surface area contributed by atoms with E-state index in [0.29, 0.717) is 25.0 Å². The van der Waals surface area contributed by atoms with Crippen LogP contribution in [0.15, 0.2) is 0 Å². The molecule has 2 atom stereocenters. The molecule has 3 fully saturated rings. The molecule has 0 spiro atoms. The van der Waals surface area contributed by atoms with Gasteiger partial charge in [0.2, 0.25) is 11.8 Å². The normalized spacial score (nSPS) is 27.3. The predicted octanol–water partition coefficient (Wildman–Crippen LogP) is 1.72. The first-order valence-electron chi connectivity index (χ1n) is 9.94. The minimum absolute atomic E-state index is 0. The van der Waals surface area contributed by atoms with Crippen LogP contribution in [0.25, 0.3) is 0 Å². The van der Waals surface area contributed by atoms with Gasteiger partial charge in [0.25, 0.3) is 0 Å². The highest BCUT2D eigenvalue weighted by molar-refractivity contribution is 5.85. The number of hydrogen-bond donors (Lipinski definition) is 2. The highest BCUT2D eigenvalue weighted by atomic mass is 35.5. The van der Waals surface area contributed by atoms with Crippen molar-refractivity contribution < 1.29 is 14.3 Å². The van der Waals surface area contributed by atoms with Crippen LogP contribution in [0.4, 0.5) is 0 Å². The summed E-state index contributed by atoms with van der Waals surface area (Å²) in [6, 6.07) is -0.0198. The number of carbonyl (C=O) groups is 2. The molecule has 2 N–H and O–H groups in total. The summed E-state index contributed by atoms with van der Waals surface area (Å²) in [6.07, 6.45) is 8.13. The number of amides is 2.